The molecule has 0 unspecified atom stereocenters. The number of benzene rings is 1. The second-order valence-electron chi connectivity index (χ2n) is 4.60. The van der Waals surface area contributed by atoms with Gasteiger partial charge in [0.25, 0.3) is 0 Å². The van der Waals surface area contributed by atoms with Crippen molar-refractivity contribution in [1.29, 1.82) is 0 Å². The van der Waals surface area contributed by atoms with E-state index in [1.807, 2.05) is 19.1 Å². The quantitative estimate of drug-likeness (QED) is 0.608. The van der Waals surface area contributed by atoms with Crippen LogP contribution in [0.3, 0.4) is 0 Å². The van der Waals surface area contributed by atoms with E-state index >= 15 is 0 Å². The number of fused-ring (bicyclic) bond motifs is 3. The zero-order chi connectivity index (χ0) is 12.2. The lowest BCUT2D eigenvalue weighted by Gasteiger charge is -2.01. The number of aromatic nitrogens is 2. The molecule has 2 N–H and O–H groups in total. The van der Waals surface area contributed by atoms with Gasteiger partial charge in [-0.3, -0.25) is 4.79 Å². The molecule has 0 aliphatic heterocycles. The maximum atomic E-state index is 11.9. The van der Waals surface area contributed by atoms with Crippen molar-refractivity contribution in [1.82, 2.24) is 9.97 Å². The van der Waals surface area contributed by atoms with Crippen molar-refractivity contribution in [3.8, 4) is 0 Å². The lowest BCUT2D eigenvalue weighted by molar-refractivity contribution is 1.23. The van der Waals surface area contributed by atoms with Crippen LogP contribution in [0.4, 0.5) is 0 Å². The van der Waals surface area contributed by atoms with E-state index in [1.165, 1.54) is 10.9 Å². The molecular weight excluding hydrogens is 212 g/mol. The van der Waals surface area contributed by atoms with Gasteiger partial charge in [-0.1, -0.05) is 6.07 Å². The van der Waals surface area contributed by atoms with Gasteiger partial charge in [-0.05, 0) is 32.4 Å². The Balaban J connectivity index is 2.64. The standard InChI is InChI=1S/C14H14N2O/c1-7-6-12(17)11-5-4-10-8(2)9(3)16-13(10)14(11)15-7/h4-6,16H,1-3H3,(H,15,17). The van der Waals surface area contributed by atoms with Gasteiger partial charge in [-0.25, -0.2) is 0 Å². The minimum atomic E-state index is 0.0723. The first-order chi connectivity index (χ1) is 8.08. The fourth-order valence-electron chi connectivity index (χ4n) is 2.37. The van der Waals surface area contributed by atoms with Gasteiger partial charge in [0.1, 0.15) is 0 Å². The molecule has 0 aliphatic carbocycles. The monoisotopic (exact) mass is 226 g/mol. The fraction of sp³-hybridized carbons (Fsp3) is 0.214. The molecule has 1 aromatic carbocycles. The molecule has 0 bridgehead atoms. The van der Waals surface area contributed by atoms with Crippen LogP contribution in [0.1, 0.15) is 17.0 Å². The predicted octanol–water partition coefficient (Wildman–Crippen LogP) is 2.93. The van der Waals surface area contributed by atoms with Crippen molar-refractivity contribution in [2.24, 2.45) is 0 Å². The molecule has 0 spiro atoms. The molecule has 17 heavy (non-hydrogen) atoms. The Hall–Kier alpha value is -2.03. The highest BCUT2D eigenvalue weighted by Gasteiger charge is 2.09. The van der Waals surface area contributed by atoms with Gasteiger partial charge in [-0.2, -0.15) is 0 Å². The molecule has 0 aliphatic rings. The predicted molar refractivity (Wildman–Crippen MR) is 70.6 cm³/mol. The van der Waals surface area contributed by atoms with E-state index in [2.05, 4.69) is 23.8 Å². The molecule has 0 saturated heterocycles. The third kappa shape index (κ3) is 1.32. The van der Waals surface area contributed by atoms with Crippen molar-refractivity contribution < 1.29 is 0 Å². The van der Waals surface area contributed by atoms with Crippen molar-refractivity contribution in [3.63, 3.8) is 0 Å². The topological polar surface area (TPSA) is 48.6 Å². The Morgan fingerprint density at radius 2 is 1.59 bits per heavy atom. The van der Waals surface area contributed by atoms with Gasteiger partial charge in [0.05, 0.1) is 11.0 Å². The number of hydrogen-bond donors (Lipinski definition) is 2. The molecule has 3 heteroatoms. The van der Waals surface area contributed by atoms with Gasteiger partial charge in [0, 0.05) is 28.2 Å². The average Bonchev–Trinajstić information content (AvgIpc) is 2.56. The summed E-state index contributed by atoms with van der Waals surface area (Å²) in [6.07, 6.45) is 0. The zero-order valence-electron chi connectivity index (χ0n) is 10.1. The molecule has 2 aromatic heterocycles. The highest BCUT2D eigenvalue weighted by Crippen LogP contribution is 2.26. The first kappa shape index (κ1) is 10.1. The molecule has 3 aromatic rings. The van der Waals surface area contributed by atoms with Gasteiger partial charge >= 0.3 is 0 Å². The summed E-state index contributed by atoms with van der Waals surface area (Å²) in [5, 5.41) is 1.92. The number of rotatable bonds is 0. The Morgan fingerprint density at radius 3 is 2.35 bits per heavy atom. The van der Waals surface area contributed by atoms with Gasteiger partial charge in [0.2, 0.25) is 0 Å². The van der Waals surface area contributed by atoms with Crippen LogP contribution >= 0.6 is 0 Å². The second-order valence-corrected chi connectivity index (χ2v) is 4.60. The van der Waals surface area contributed by atoms with Crippen LogP contribution in [0.15, 0.2) is 23.0 Å². The molecule has 0 amide bonds. The lowest BCUT2D eigenvalue weighted by Crippen LogP contribution is -2.02. The van der Waals surface area contributed by atoms with Crippen molar-refractivity contribution in [2.75, 3.05) is 0 Å². The van der Waals surface area contributed by atoms with E-state index in [0.29, 0.717) is 0 Å². The lowest BCUT2D eigenvalue weighted by atomic mass is 10.1. The normalized spacial score (nSPS) is 11.5. The van der Waals surface area contributed by atoms with Gasteiger partial charge in [-0.15, -0.1) is 0 Å². The Kier molecular flexibility index (Phi) is 1.93. The minimum absolute atomic E-state index is 0.0723. The summed E-state index contributed by atoms with van der Waals surface area (Å²) in [5.41, 5.74) is 5.28. The van der Waals surface area contributed by atoms with E-state index in [9.17, 15) is 4.79 Å². The van der Waals surface area contributed by atoms with Crippen LogP contribution in [0, 0.1) is 20.8 Å². The van der Waals surface area contributed by atoms with E-state index < -0.39 is 0 Å². The summed E-state index contributed by atoms with van der Waals surface area (Å²) in [5.74, 6) is 0. The molecule has 3 nitrogen and oxygen atoms in total. The first-order valence-electron chi connectivity index (χ1n) is 5.69. The highest BCUT2D eigenvalue weighted by molar-refractivity contribution is 6.04. The second kappa shape index (κ2) is 3.23. The van der Waals surface area contributed by atoms with Gasteiger partial charge < -0.3 is 9.97 Å². The van der Waals surface area contributed by atoms with Crippen LogP contribution in [-0.4, -0.2) is 9.97 Å². The molecule has 2 heterocycles. The number of aromatic amines is 2. The maximum absolute atomic E-state index is 11.9. The van der Waals surface area contributed by atoms with Crippen LogP contribution < -0.4 is 5.43 Å². The molecule has 0 fully saturated rings. The van der Waals surface area contributed by atoms with Crippen LogP contribution in [-0.2, 0) is 0 Å². The van der Waals surface area contributed by atoms with Crippen LogP contribution in [0.5, 0.6) is 0 Å². The molecule has 0 radical (unpaired) electrons. The third-order valence-corrected chi connectivity index (χ3v) is 3.42. The van der Waals surface area contributed by atoms with Crippen LogP contribution in [0.2, 0.25) is 0 Å². The summed E-state index contributed by atoms with van der Waals surface area (Å²) < 4.78 is 0. The average molecular weight is 226 g/mol. The Bertz CT molecular complexity index is 793. The number of H-pyrrole nitrogens is 2. The number of aryl methyl sites for hydroxylation is 3. The zero-order valence-corrected chi connectivity index (χ0v) is 10.1. The summed E-state index contributed by atoms with van der Waals surface area (Å²) in [7, 11) is 0. The van der Waals surface area contributed by atoms with Crippen LogP contribution in [0.25, 0.3) is 21.8 Å². The number of nitrogens with one attached hydrogen (secondary N) is 2. The van der Waals surface area contributed by atoms with Crippen molar-refractivity contribution in [3.05, 3.63) is 45.4 Å². The molecular formula is C14H14N2O. The minimum Gasteiger partial charge on any atom is -0.357 e. The Labute approximate surface area is 98.5 Å². The number of pyridine rings is 1. The number of hydrogen-bond acceptors (Lipinski definition) is 1. The molecule has 0 saturated carbocycles. The van der Waals surface area contributed by atoms with Crippen molar-refractivity contribution in [2.45, 2.75) is 20.8 Å². The third-order valence-electron chi connectivity index (χ3n) is 3.42. The maximum Gasteiger partial charge on any atom is 0.189 e. The van der Waals surface area contributed by atoms with E-state index in [4.69, 9.17) is 0 Å². The summed E-state index contributed by atoms with van der Waals surface area (Å²) in [6, 6.07) is 5.55. The summed E-state index contributed by atoms with van der Waals surface area (Å²) in [4.78, 5) is 18.5. The Morgan fingerprint density at radius 1 is 0.941 bits per heavy atom. The SMILES string of the molecule is Cc1cc(=O)c2ccc3c(C)c(C)[nH]c3c2[nH]1. The largest absolute Gasteiger partial charge is 0.357 e. The van der Waals surface area contributed by atoms with Crippen molar-refractivity contribution >= 4 is 21.8 Å². The molecule has 86 valence electrons. The summed E-state index contributed by atoms with van der Waals surface area (Å²) >= 11 is 0. The summed E-state index contributed by atoms with van der Waals surface area (Å²) in [6.45, 7) is 6.05. The van der Waals surface area contributed by atoms with E-state index in [-0.39, 0.29) is 5.43 Å². The van der Waals surface area contributed by atoms with E-state index in [0.717, 1.165) is 27.8 Å². The first-order valence-corrected chi connectivity index (χ1v) is 5.69. The van der Waals surface area contributed by atoms with Gasteiger partial charge in [0.15, 0.2) is 5.43 Å². The molecule has 0 atom stereocenters. The van der Waals surface area contributed by atoms with E-state index in [1.54, 1.807) is 6.07 Å². The smallest absolute Gasteiger partial charge is 0.189 e. The fourth-order valence-corrected chi connectivity index (χ4v) is 2.37. The molecule has 3 rings (SSSR count). The highest BCUT2D eigenvalue weighted by atomic mass is 16.1.